The van der Waals surface area contributed by atoms with Crippen molar-refractivity contribution in [1.82, 2.24) is 9.88 Å². The average molecular weight is 407 g/mol. The molecule has 1 saturated carbocycles. The second-order valence-corrected chi connectivity index (χ2v) is 7.99. The fourth-order valence-electron chi connectivity index (χ4n) is 4.24. The third-order valence-electron chi connectivity index (χ3n) is 5.90. The monoisotopic (exact) mass is 407 g/mol. The van der Waals surface area contributed by atoms with Gasteiger partial charge >= 0.3 is 6.03 Å². The summed E-state index contributed by atoms with van der Waals surface area (Å²) >= 11 is 0. The first-order valence-electron chi connectivity index (χ1n) is 10.5. The standard InChI is InChI=1S/C24H26FN3O2/c1-16-8-7-9-17-14-18(23(29)27-22(16)17)15-28(19-10-3-2-4-11-19)24(30)26-21-13-6-5-12-20(21)25/h5-9,12-14,19H,2-4,10-11,15H2,1H3,(H,26,30)(H,27,29). The molecule has 4 rings (SSSR count). The van der Waals surface area contributed by atoms with E-state index in [9.17, 15) is 14.0 Å². The van der Waals surface area contributed by atoms with Crippen molar-refractivity contribution in [3.8, 4) is 0 Å². The number of anilines is 1. The molecule has 0 spiro atoms. The van der Waals surface area contributed by atoms with Crippen molar-refractivity contribution in [2.24, 2.45) is 0 Å². The minimum atomic E-state index is -0.478. The van der Waals surface area contributed by atoms with Gasteiger partial charge in [-0.2, -0.15) is 0 Å². The molecule has 0 atom stereocenters. The van der Waals surface area contributed by atoms with Crippen LogP contribution in [0.1, 0.15) is 43.2 Å². The predicted molar refractivity (Wildman–Crippen MR) is 117 cm³/mol. The number of halogens is 1. The van der Waals surface area contributed by atoms with Crippen LogP contribution in [0.25, 0.3) is 10.9 Å². The van der Waals surface area contributed by atoms with E-state index in [1.807, 2.05) is 31.2 Å². The highest BCUT2D eigenvalue weighted by Gasteiger charge is 2.27. The summed E-state index contributed by atoms with van der Waals surface area (Å²) in [4.78, 5) is 30.5. The number of pyridine rings is 1. The van der Waals surface area contributed by atoms with Gasteiger partial charge in [-0.1, -0.05) is 49.6 Å². The molecule has 156 valence electrons. The van der Waals surface area contributed by atoms with Gasteiger partial charge in [-0.15, -0.1) is 0 Å². The van der Waals surface area contributed by atoms with Gasteiger partial charge in [0.25, 0.3) is 5.56 Å². The molecule has 30 heavy (non-hydrogen) atoms. The molecule has 2 aromatic carbocycles. The lowest BCUT2D eigenvalue weighted by molar-refractivity contribution is 0.162. The van der Waals surface area contributed by atoms with Gasteiger partial charge in [0, 0.05) is 11.6 Å². The zero-order chi connectivity index (χ0) is 21.1. The van der Waals surface area contributed by atoms with Gasteiger partial charge in [0.2, 0.25) is 0 Å². The zero-order valence-electron chi connectivity index (χ0n) is 17.1. The lowest BCUT2D eigenvalue weighted by Crippen LogP contribution is -2.44. The van der Waals surface area contributed by atoms with Crippen molar-refractivity contribution in [3.63, 3.8) is 0 Å². The molecule has 0 aliphatic heterocycles. The molecule has 1 aromatic heterocycles. The Bertz CT molecular complexity index is 1120. The lowest BCUT2D eigenvalue weighted by Gasteiger charge is -2.34. The zero-order valence-corrected chi connectivity index (χ0v) is 17.1. The van der Waals surface area contributed by atoms with Crippen LogP contribution < -0.4 is 10.9 Å². The second-order valence-electron chi connectivity index (χ2n) is 7.99. The number of nitrogens with one attached hydrogen (secondary N) is 2. The summed E-state index contributed by atoms with van der Waals surface area (Å²) in [7, 11) is 0. The van der Waals surface area contributed by atoms with Gasteiger partial charge in [-0.25, -0.2) is 9.18 Å². The Kier molecular flexibility index (Phi) is 5.84. The Labute approximate surface area is 174 Å². The highest BCUT2D eigenvalue weighted by Crippen LogP contribution is 2.25. The van der Waals surface area contributed by atoms with Crippen molar-refractivity contribution >= 4 is 22.6 Å². The molecule has 0 unspecified atom stereocenters. The van der Waals surface area contributed by atoms with Crippen molar-refractivity contribution in [3.05, 3.63) is 75.8 Å². The van der Waals surface area contributed by atoms with E-state index >= 15 is 0 Å². The Balaban J connectivity index is 1.65. The van der Waals surface area contributed by atoms with Gasteiger partial charge < -0.3 is 15.2 Å². The number of benzene rings is 2. The summed E-state index contributed by atoms with van der Waals surface area (Å²) in [6.45, 7) is 2.14. The van der Waals surface area contributed by atoms with E-state index in [0.717, 1.165) is 48.6 Å². The average Bonchev–Trinajstić information content (AvgIpc) is 2.75. The molecular formula is C24H26FN3O2. The minimum absolute atomic E-state index is 0.0260. The van der Waals surface area contributed by atoms with Crippen LogP contribution in [0, 0.1) is 12.7 Å². The van der Waals surface area contributed by atoms with Gasteiger partial charge in [0.15, 0.2) is 0 Å². The molecule has 5 nitrogen and oxygen atoms in total. The number of nitrogens with zero attached hydrogens (tertiary/aromatic N) is 1. The number of aryl methyl sites for hydroxylation is 1. The largest absolute Gasteiger partial charge is 0.322 e. The molecule has 0 radical (unpaired) electrons. The number of aromatic nitrogens is 1. The van der Waals surface area contributed by atoms with E-state index < -0.39 is 5.82 Å². The maximum Gasteiger partial charge on any atom is 0.322 e. The number of hydrogen-bond donors (Lipinski definition) is 2. The molecule has 0 bridgehead atoms. The van der Waals surface area contributed by atoms with Crippen molar-refractivity contribution in [2.45, 2.75) is 51.6 Å². The van der Waals surface area contributed by atoms with Gasteiger partial charge in [0.05, 0.1) is 17.7 Å². The number of hydrogen-bond acceptors (Lipinski definition) is 2. The quantitative estimate of drug-likeness (QED) is 0.613. The number of aromatic amines is 1. The van der Waals surface area contributed by atoms with Crippen molar-refractivity contribution in [2.75, 3.05) is 5.32 Å². The van der Waals surface area contributed by atoms with E-state index in [0.29, 0.717) is 5.56 Å². The molecule has 1 heterocycles. The normalized spacial score (nSPS) is 14.6. The molecule has 1 fully saturated rings. The number of urea groups is 1. The number of carbonyl (C=O) groups excluding carboxylic acids is 1. The highest BCUT2D eigenvalue weighted by molar-refractivity contribution is 5.90. The van der Waals surface area contributed by atoms with Crippen LogP contribution >= 0.6 is 0 Å². The van der Waals surface area contributed by atoms with Crippen LogP contribution in [-0.4, -0.2) is 22.0 Å². The second kappa shape index (κ2) is 8.69. The molecule has 1 aliphatic carbocycles. The summed E-state index contributed by atoms with van der Waals surface area (Å²) in [6.07, 6.45) is 5.00. The first-order chi connectivity index (χ1) is 14.5. The lowest BCUT2D eigenvalue weighted by atomic mass is 9.94. The Morgan fingerprint density at radius 2 is 1.90 bits per heavy atom. The van der Waals surface area contributed by atoms with Crippen LogP contribution in [0.2, 0.25) is 0 Å². The van der Waals surface area contributed by atoms with Crippen LogP contribution in [-0.2, 0) is 6.54 Å². The van der Waals surface area contributed by atoms with E-state index in [1.54, 1.807) is 17.0 Å². The molecule has 6 heteroatoms. The SMILES string of the molecule is Cc1cccc2cc(CN(C(=O)Nc3ccccc3F)C3CCCCC3)c(=O)[nH]c12. The summed E-state index contributed by atoms with van der Waals surface area (Å²) in [5.74, 6) is -0.478. The van der Waals surface area contributed by atoms with Gasteiger partial charge in [-0.05, 0) is 48.9 Å². The topological polar surface area (TPSA) is 65.2 Å². The van der Waals surface area contributed by atoms with E-state index in [4.69, 9.17) is 0 Å². The fraction of sp³-hybridized carbons (Fsp3) is 0.333. The Hall–Kier alpha value is -3.15. The number of carbonyl (C=O) groups is 1. The maximum absolute atomic E-state index is 14.1. The fourth-order valence-corrected chi connectivity index (χ4v) is 4.24. The number of para-hydroxylation sites is 2. The van der Waals surface area contributed by atoms with E-state index in [2.05, 4.69) is 10.3 Å². The molecule has 2 N–H and O–H groups in total. The van der Waals surface area contributed by atoms with Crippen LogP contribution in [0.5, 0.6) is 0 Å². The predicted octanol–water partition coefficient (Wildman–Crippen LogP) is 5.34. The van der Waals surface area contributed by atoms with Gasteiger partial charge in [0.1, 0.15) is 5.82 Å². The molecule has 0 saturated heterocycles. The molecule has 2 amide bonds. The van der Waals surface area contributed by atoms with E-state index in [-0.39, 0.29) is 29.9 Å². The van der Waals surface area contributed by atoms with Crippen molar-refractivity contribution in [1.29, 1.82) is 0 Å². The van der Waals surface area contributed by atoms with Crippen LogP contribution in [0.15, 0.2) is 53.3 Å². The Morgan fingerprint density at radius 3 is 2.67 bits per heavy atom. The van der Waals surface area contributed by atoms with Gasteiger partial charge in [-0.3, -0.25) is 4.79 Å². The Morgan fingerprint density at radius 1 is 1.13 bits per heavy atom. The number of H-pyrrole nitrogens is 1. The highest BCUT2D eigenvalue weighted by atomic mass is 19.1. The molecular weight excluding hydrogens is 381 g/mol. The first kappa shape index (κ1) is 20.1. The minimum Gasteiger partial charge on any atom is -0.321 e. The van der Waals surface area contributed by atoms with Crippen LogP contribution in [0.4, 0.5) is 14.9 Å². The number of amides is 2. The summed E-state index contributed by atoms with van der Waals surface area (Å²) in [5, 5.41) is 3.63. The number of rotatable bonds is 4. The summed E-state index contributed by atoms with van der Waals surface area (Å²) in [6, 6.07) is 13.5. The van der Waals surface area contributed by atoms with E-state index in [1.165, 1.54) is 12.1 Å². The molecule has 3 aromatic rings. The third kappa shape index (κ3) is 4.22. The summed E-state index contributed by atoms with van der Waals surface area (Å²) < 4.78 is 14.1. The van der Waals surface area contributed by atoms with Crippen LogP contribution in [0.3, 0.4) is 0 Å². The molecule has 1 aliphatic rings. The first-order valence-corrected chi connectivity index (χ1v) is 10.5. The smallest absolute Gasteiger partial charge is 0.321 e. The summed E-state index contributed by atoms with van der Waals surface area (Å²) in [5.41, 5.74) is 2.29. The number of fused-ring (bicyclic) bond motifs is 1. The third-order valence-corrected chi connectivity index (χ3v) is 5.90. The maximum atomic E-state index is 14.1. The van der Waals surface area contributed by atoms with Crippen molar-refractivity contribution < 1.29 is 9.18 Å².